The molecule has 0 N–H and O–H groups in total. The van der Waals surface area contributed by atoms with E-state index in [1.165, 1.54) is 0 Å². The van der Waals surface area contributed by atoms with Gasteiger partial charge in [0.15, 0.2) is 0 Å². The fourth-order valence-corrected chi connectivity index (χ4v) is 3.42. The summed E-state index contributed by atoms with van der Waals surface area (Å²) in [6.45, 7) is 2.59. The van der Waals surface area contributed by atoms with Crippen molar-refractivity contribution in [1.29, 1.82) is 0 Å². The minimum Gasteiger partial charge on any atom is -0.419 e. The fraction of sp³-hybridized carbons (Fsp3) is 0.412. The molecule has 4 rings (SSSR count). The van der Waals surface area contributed by atoms with Crippen molar-refractivity contribution in [2.45, 2.75) is 38.4 Å². The lowest BCUT2D eigenvalue weighted by Crippen LogP contribution is -2.61. The van der Waals surface area contributed by atoms with Crippen LogP contribution in [0.5, 0.6) is 0 Å². The van der Waals surface area contributed by atoms with E-state index in [1.807, 2.05) is 30.3 Å². The highest BCUT2D eigenvalue weighted by Gasteiger charge is 2.46. The Balaban J connectivity index is 1.55. The maximum absolute atomic E-state index is 12.7. The SMILES string of the molecule is C[C@H]1C(=O)N2CCC[C@@H]2C(=O)N1Cc1nnc(-c2ccccc2)o1. The third-order valence-electron chi connectivity index (χ3n) is 4.72. The Morgan fingerprint density at radius 1 is 1.17 bits per heavy atom. The minimum atomic E-state index is -0.501. The van der Waals surface area contributed by atoms with Gasteiger partial charge in [-0.15, -0.1) is 10.2 Å². The summed E-state index contributed by atoms with van der Waals surface area (Å²) >= 11 is 0. The van der Waals surface area contributed by atoms with Gasteiger partial charge in [-0.05, 0) is 31.9 Å². The molecule has 0 spiro atoms. The average molecular weight is 326 g/mol. The van der Waals surface area contributed by atoms with Crippen molar-refractivity contribution in [1.82, 2.24) is 20.0 Å². The minimum absolute atomic E-state index is 0.0000943. The molecule has 0 aliphatic carbocycles. The van der Waals surface area contributed by atoms with Crippen LogP contribution in [-0.2, 0) is 16.1 Å². The largest absolute Gasteiger partial charge is 0.419 e. The maximum Gasteiger partial charge on any atom is 0.247 e. The highest BCUT2D eigenvalue weighted by atomic mass is 16.4. The Bertz CT molecular complexity index is 773. The van der Waals surface area contributed by atoms with Gasteiger partial charge in [0.05, 0.1) is 6.54 Å². The van der Waals surface area contributed by atoms with Gasteiger partial charge in [0.1, 0.15) is 12.1 Å². The van der Waals surface area contributed by atoms with E-state index in [9.17, 15) is 9.59 Å². The van der Waals surface area contributed by atoms with Crippen LogP contribution in [-0.4, -0.2) is 50.4 Å². The van der Waals surface area contributed by atoms with Crippen LogP contribution in [0.3, 0.4) is 0 Å². The van der Waals surface area contributed by atoms with Crippen molar-refractivity contribution in [3.63, 3.8) is 0 Å². The molecular formula is C17H18N4O3. The summed E-state index contributed by atoms with van der Waals surface area (Å²) in [5.41, 5.74) is 0.826. The quantitative estimate of drug-likeness (QED) is 0.853. The molecule has 0 unspecified atom stereocenters. The Morgan fingerprint density at radius 2 is 1.96 bits per heavy atom. The summed E-state index contributed by atoms with van der Waals surface area (Å²) < 4.78 is 5.67. The second kappa shape index (κ2) is 5.74. The molecule has 2 fully saturated rings. The van der Waals surface area contributed by atoms with Crippen LogP contribution in [0.4, 0.5) is 0 Å². The molecule has 2 saturated heterocycles. The van der Waals surface area contributed by atoms with Crippen molar-refractivity contribution < 1.29 is 14.0 Å². The van der Waals surface area contributed by atoms with Crippen molar-refractivity contribution >= 4 is 11.8 Å². The number of hydrogen-bond donors (Lipinski definition) is 0. The number of carbonyl (C=O) groups excluding carboxylic acids is 2. The molecule has 2 aliphatic rings. The highest BCUT2D eigenvalue weighted by molar-refractivity contribution is 5.97. The molecule has 0 bridgehead atoms. The van der Waals surface area contributed by atoms with Crippen molar-refractivity contribution in [3.05, 3.63) is 36.2 Å². The van der Waals surface area contributed by atoms with Crippen molar-refractivity contribution in [2.24, 2.45) is 0 Å². The highest BCUT2D eigenvalue weighted by Crippen LogP contribution is 2.28. The van der Waals surface area contributed by atoms with Crippen LogP contribution in [0.2, 0.25) is 0 Å². The molecule has 2 aliphatic heterocycles. The number of rotatable bonds is 3. The van der Waals surface area contributed by atoms with E-state index in [-0.39, 0.29) is 24.4 Å². The maximum atomic E-state index is 12.7. The molecule has 0 radical (unpaired) electrons. The number of amides is 2. The smallest absolute Gasteiger partial charge is 0.247 e. The first-order chi connectivity index (χ1) is 11.6. The summed E-state index contributed by atoms with van der Waals surface area (Å²) in [7, 11) is 0. The molecule has 2 atom stereocenters. The summed E-state index contributed by atoms with van der Waals surface area (Å²) in [6, 6.07) is 8.63. The number of benzene rings is 1. The van der Waals surface area contributed by atoms with Gasteiger partial charge >= 0.3 is 0 Å². The molecule has 124 valence electrons. The molecule has 2 amide bonds. The van der Waals surface area contributed by atoms with Crippen LogP contribution in [0.25, 0.3) is 11.5 Å². The Kier molecular flexibility index (Phi) is 3.55. The lowest BCUT2D eigenvalue weighted by molar-refractivity contribution is -0.159. The van der Waals surface area contributed by atoms with E-state index in [1.54, 1.807) is 16.7 Å². The number of hydrogen-bond acceptors (Lipinski definition) is 5. The summed E-state index contributed by atoms with van der Waals surface area (Å²) in [6.07, 6.45) is 1.61. The van der Waals surface area contributed by atoms with Crippen LogP contribution in [0, 0.1) is 0 Å². The molecule has 0 saturated carbocycles. The first-order valence-electron chi connectivity index (χ1n) is 8.14. The molecule has 3 heterocycles. The van der Waals surface area contributed by atoms with Crippen LogP contribution in [0.15, 0.2) is 34.7 Å². The third kappa shape index (κ3) is 2.36. The molecule has 1 aromatic heterocycles. The number of nitrogens with zero attached hydrogens (tertiary/aromatic N) is 4. The Morgan fingerprint density at radius 3 is 2.75 bits per heavy atom. The number of fused-ring (bicyclic) bond motifs is 1. The standard InChI is InChI=1S/C17H18N4O3/c1-11-16(22)20-9-5-8-13(20)17(23)21(11)10-14-18-19-15(24-14)12-6-3-2-4-7-12/h2-4,6-7,11,13H,5,8-10H2,1H3/t11-,13+/m0/s1. The summed E-state index contributed by atoms with van der Waals surface area (Å²) in [5, 5.41) is 8.07. The van der Waals surface area contributed by atoms with Crippen molar-refractivity contribution in [2.75, 3.05) is 6.54 Å². The number of carbonyl (C=O) groups is 2. The average Bonchev–Trinajstić information content (AvgIpc) is 3.27. The van der Waals surface area contributed by atoms with Gasteiger partial charge in [0.25, 0.3) is 0 Å². The van der Waals surface area contributed by atoms with E-state index in [2.05, 4.69) is 10.2 Å². The number of aromatic nitrogens is 2. The molecular weight excluding hydrogens is 308 g/mol. The van der Waals surface area contributed by atoms with E-state index < -0.39 is 6.04 Å². The Hall–Kier alpha value is -2.70. The zero-order valence-corrected chi connectivity index (χ0v) is 13.4. The van der Waals surface area contributed by atoms with E-state index in [0.29, 0.717) is 18.3 Å². The predicted molar refractivity (Wildman–Crippen MR) is 84.5 cm³/mol. The van der Waals surface area contributed by atoms with Gasteiger partial charge < -0.3 is 14.2 Å². The van der Waals surface area contributed by atoms with Gasteiger partial charge in [-0.1, -0.05) is 18.2 Å². The van der Waals surface area contributed by atoms with Crippen LogP contribution < -0.4 is 0 Å². The lowest BCUT2D eigenvalue weighted by Gasteiger charge is -2.40. The van der Waals surface area contributed by atoms with E-state index in [4.69, 9.17) is 4.42 Å². The normalized spacial score (nSPS) is 23.7. The fourth-order valence-electron chi connectivity index (χ4n) is 3.42. The van der Waals surface area contributed by atoms with Crippen LogP contribution in [0.1, 0.15) is 25.7 Å². The third-order valence-corrected chi connectivity index (χ3v) is 4.72. The van der Waals surface area contributed by atoms with E-state index in [0.717, 1.165) is 18.4 Å². The Labute approximate surface area is 139 Å². The van der Waals surface area contributed by atoms with Crippen LogP contribution >= 0.6 is 0 Å². The monoisotopic (exact) mass is 326 g/mol. The molecule has 24 heavy (non-hydrogen) atoms. The van der Waals surface area contributed by atoms with E-state index >= 15 is 0 Å². The van der Waals surface area contributed by atoms with Crippen molar-refractivity contribution in [3.8, 4) is 11.5 Å². The molecule has 1 aromatic carbocycles. The first-order valence-corrected chi connectivity index (χ1v) is 8.14. The van der Waals surface area contributed by atoms with Gasteiger partial charge in [-0.3, -0.25) is 9.59 Å². The zero-order chi connectivity index (χ0) is 16.7. The topological polar surface area (TPSA) is 79.5 Å². The predicted octanol–water partition coefficient (Wildman–Crippen LogP) is 1.46. The number of piperazine rings is 1. The lowest BCUT2D eigenvalue weighted by atomic mass is 10.1. The van der Waals surface area contributed by atoms with Gasteiger partial charge in [0, 0.05) is 12.1 Å². The summed E-state index contributed by atoms with van der Waals surface area (Å²) in [4.78, 5) is 28.4. The van der Waals surface area contributed by atoms with Gasteiger partial charge in [-0.2, -0.15) is 0 Å². The van der Waals surface area contributed by atoms with Gasteiger partial charge in [-0.25, -0.2) is 0 Å². The second-order valence-electron chi connectivity index (χ2n) is 6.20. The molecule has 2 aromatic rings. The second-order valence-corrected chi connectivity index (χ2v) is 6.20. The van der Waals surface area contributed by atoms with Gasteiger partial charge in [0.2, 0.25) is 23.6 Å². The summed E-state index contributed by atoms with van der Waals surface area (Å²) in [5.74, 6) is 0.726. The zero-order valence-electron chi connectivity index (χ0n) is 13.4. The molecule has 7 nitrogen and oxygen atoms in total. The first kappa shape index (κ1) is 14.9. The molecule has 7 heteroatoms.